The number of amides is 2. The quantitative estimate of drug-likeness (QED) is 0.576. The molecule has 2 aliphatic rings. The average Bonchev–Trinajstić information content (AvgIpc) is 3.25. The van der Waals surface area contributed by atoms with Crippen molar-refractivity contribution < 1.29 is 35.9 Å². The predicted molar refractivity (Wildman–Crippen MR) is 129 cm³/mol. The molecule has 1 N–H and O–H groups in total. The Morgan fingerprint density at radius 1 is 1.11 bits per heavy atom. The SMILES string of the molecule is CC[C@@H]1CC[C@H](C(=O)NC(c2ccc(C(F)(F)F)cc2)C2COC2)N1C(=O)c1cccc(S(C)(=O)=O)c1. The monoisotopic (exact) mass is 538 g/mol. The van der Waals surface area contributed by atoms with Crippen LogP contribution in [0.4, 0.5) is 13.2 Å². The van der Waals surface area contributed by atoms with E-state index in [4.69, 9.17) is 4.74 Å². The minimum absolute atomic E-state index is 0.0129. The Bertz CT molecular complexity index is 1260. The summed E-state index contributed by atoms with van der Waals surface area (Å²) < 4.78 is 68.3. The molecule has 2 aromatic carbocycles. The van der Waals surface area contributed by atoms with E-state index in [1.807, 2.05) is 6.92 Å². The lowest BCUT2D eigenvalue weighted by atomic mass is 9.90. The number of likely N-dealkylation sites (tertiary alicyclic amines) is 1. The summed E-state index contributed by atoms with van der Waals surface area (Å²) in [5.41, 5.74) is -0.0768. The molecular weight excluding hydrogens is 509 g/mol. The standard InChI is InChI=1S/C26H29F3N2O5S/c1-3-20-11-12-22(31(20)25(33)17-5-4-6-21(13-17)37(2,34)35)24(32)30-23(18-14-36-15-18)16-7-9-19(10-8-16)26(27,28)29/h4-10,13,18,20,22-23H,3,11-12,14-15H2,1-2H3,(H,30,32)/t20-,22-,23?/m1/s1. The summed E-state index contributed by atoms with van der Waals surface area (Å²) in [6.07, 6.45) is -1.78. The van der Waals surface area contributed by atoms with Crippen molar-refractivity contribution in [2.45, 2.75) is 55.4 Å². The molecule has 0 aromatic heterocycles. The Labute approximate surface area is 213 Å². The molecule has 2 fully saturated rings. The van der Waals surface area contributed by atoms with Crippen LogP contribution in [-0.4, -0.2) is 56.7 Å². The van der Waals surface area contributed by atoms with Gasteiger partial charge in [0.1, 0.15) is 6.04 Å². The largest absolute Gasteiger partial charge is 0.416 e. The number of rotatable bonds is 7. The number of carbonyl (C=O) groups is 2. The first kappa shape index (κ1) is 27.1. The molecule has 11 heteroatoms. The number of benzene rings is 2. The maximum Gasteiger partial charge on any atom is 0.416 e. The van der Waals surface area contributed by atoms with Gasteiger partial charge in [-0.1, -0.05) is 25.1 Å². The highest BCUT2D eigenvalue weighted by Gasteiger charge is 2.42. The van der Waals surface area contributed by atoms with Gasteiger partial charge in [0.15, 0.2) is 9.84 Å². The number of hydrogen-bond acceptors (Lipinski definition) is 5. The van der Waals surface area contributed by atoms with Gasteiger partial charge in [-0.05, 0) is 55.2 Å². The van der Waals surface area contributed by atoms with Gasteiger partial charge >= 0.3 is 6.18 Å². The molecule has 1 unspecified atom stereocenters. The van der Waals surface area contributed by atoms with E-state index < -0.39 is 45.5 Å². The molecule has 0 saturated carbocycles. The minimum Gasteiger partial charge on any atom is -0.381 e. The van der Waals surface area contributed by atoms with Crippen molar-refractivity contribution in [3.8, 4) is 0 Å². The van der Waals surface area contributed by atoms with Crippen LogP contribution in [0.5, 0.6) is 0 Å². The van der Waals surface area contributed by atoms with E-state index in [0.717, 1.165) is 18.4 Å². The molecule has 0 radical (unpaired) electrons. The van der Waals surface area contributed by atoms with Gasteiger partial charge in [-0.15, -0.1) is 0 Å². The van der Waals surface area contributed by atoms with Crippen LogP contribution in [0, 0.1) is 5.92 Å². The Morgan fingerprint density at radius 3 is 2.32 bits per heavy atom. The maximum absolute atomic E-state index is 13.5. The fourth-order valence-electron chi connectivity index (χ4n) is 4.91. The Kier molecular flexibility index (Phi) is 7.66. The van der Waals surface area contributed by atoms with Crippen molar-refractivity contribution in [2.75, 3.05) is 19.5 Å². The van der Waals surface area contributed by atoms with Crippen molar-refractivity contribution in [1.29, 1.82) is 0 Å². The Balaban J connectivity index is 1.58. The van der Waals surface area contributed by atoms with E-state index in [9.17, 15) is 31.2 Å². The summed E-state index contributed by atoms with van der Waals surface area (Å²) in [6, 6.07) is 8.85. The van der Waals surface area contributed by atoms with Gasteiger partial charge in [0, 0.05) is 23.8 Å². The highest BCUT2D eigenvalue weighted by Crippen LogP contribution is 2.34. The number of sulfone groups is 1. The van der Waals surface area contributed by atoms with Gasteiger partial charge in [0.05, 0.1) is 29.7 Å². The van der Waals surface area contributed by atoms with E-state index in [1.54, 1.807) is 0 Å². The van der Waals surface area contributed by atoms with Crippen LogP contribution in [0.2, 0.25) is 0 Å². The van der Waals surface area contributed by atoms with Gasteiger partial charge in [-0.3, -0.25) is 9.59 Å². The first-order chi connectivity index (χ1) is 17.4. The average molecular weight is 539 g/mol. The zero-order valence-corrected chi connectivity index (χ0v) is 21.3. The van der Waals surface area contributed by atoms with E-state index in [2.05, 4.69) is 5.32 Å². The van der Waals surface area contributed by atoms with E-state index in [0.29, 0.717) is 38.0 Å². The fourth-order valence-corrected chi connectivity index (χ4v) is 5.57. The number of nitrogens with zero attached hydrogens (tertiary/aromatic N) is 1. The highest BCUT2D eigenvalue weighted by molar-refractivity contribution is 7.90. The summed E-state index contributed by atoms with van der Waals surface area (Å²) in [4.78, 5) is 28.6. The number of halogens is 3. The molecular formula is C26H29F3N2O5S. The molecule has 2 aromatic rings. The first-order valence-electron chi connectivity index (χ1n) is 12.1. The van der Waals surface area contributed by atoms with Crippen molar-refractivity contribution in [2.24, 2.45) is 5.92 Å². The molecule has 4 rings (SSSR count). The van der Waals surface area contributed by atoms with Crippen LogP contribution >= 0.6 is 0 Å². The summed E-state index contributed by atoms with van der Waals surface area (Å²) in [5, 5.41) is 2.96. The molecule has 2 amide bonds. The summed E-state index contributed by atoms with van der Waals surface area (Å²) in [5.74, 6) is -0.951. The molecule has 2 aliphatic heterocycles. The van der Waals surface area contributed by atoms with Gasteiger partial charge < -0.3 is 15.0 Å². The fraction of sp³-hybridized carbons (Fsp3) is 0.462. The van der Waals surface area contributed by atoms with E-state index >= 15 is 0 Å². The third-order valence-corrected chi connectivity index (χ3v) is 8.16. The zero-order valence-electron chi connectivity index (χ0n) is 20.5. The Hall–Kier alpha value is -2.92. The number of hydrogen-bond donors (Lipinski definition) is 1. The third kappa shape index (κ3) is 5.82. The van der Waals surface area contributed by atoms with Gasteiger partial charge in [-0.25, -0.2) is 8.42 Å². The van der Waals surface area contributed by atoms with Gasteiger partial charge in [0.2, 0.25) is 5.91 Å². The predicted octanol–water partition coefficient (Wildman–Crippen LogP) is 4.00. The summed E-state index contributed by atoms with van der Waals surface area (Å²) >= 11 is 0. The van der Waals surface area contributed by atoms with Crippen LogP contribution < -0.4 is 5.32 Å². The van der Waals surface area contributed by atoms with Gasteiger partial charge in [0.25, 0.3) is 5.91 Å². The lowest BCUT2D eigenvalue weighted by Crippen LogP contribution is -2.51. The van der Waals surface area contributed by atoms with Crippen LogP contribution in [0.25, 0.3) is 0 Å². The molecule has 0 bridgehead atoms. The van der Waals surface area contributed by atoms with Crippen molar-refractivity contribution in [1.82, 2.24) is 10.2 Å². The molecule has 0 aliphatic carbocycles. The molecule has 2 saturated heterocycles. The van der Waals surface area contributed by atoms with Crippen molar-refractivity contribution in [3.63, 3.8) is 0 Å². The number of nitrogens with one attached hydrogen (secondary N) is 1. The second-order valence-corrected chi connectivity index (χ2v) is 11.6. The normalized spacial score (nSPS) is 21.4. The first-order valence-corrected chi connectivity index (χ1v) is 14.0. The molecule has 3 atom stereocenters. The number of ether oxygens (including phenoxy) is 1. The minimum atomic E-state index is -4.47. The van der Waals surface area contributed by atoms with Crippen LogP contribution in [-0.2, 0) is 25.5 Å². The Morgan fingerprint density at radius 2 is 1.78 bits per heavy atom. The van der Waals surface area contributed by atoms with E-state index in [-0.39, 0.29) is 22.4 Å². The second kappa shape index (κ2) is 10.4. The third-order valence-electron chi connectivity index (χ3n) is 7.05. The second-order valence-electron chi connectivity index (χ2n) is 9.57. The smallest absolute Gasteiger partial charge is 0.381 e. The van der Waals surface area contributed by atoms with Crippen molar-refractivity contribution >= 4 is 21.7 Å². The molecule has 0 spiro atoms. The summed E-state index contributed by atoms with van der Waals surface area (Å²) in [6.45, 7) is 2.62. The lowest BCUT2D eigenvalue weighted by Gasteiger charge is -2.36. The van der Waals surface area contributed by atoms with Crippen LogP contribution in [0.1, 0.15) is 53.7 Å². The lowest BCUT2D eigenvalue weighted by molar-refractivity contribution is -0.137. The van der Waals surface area contributed by atoms with Gasteiger partial charge in [-0.2, -0.15) is 13.2 Å². The molecule has 200 valence electrons. The van der Waals surface area contributed by atoms with Crippen molar-refractivity contribution in [3.05, 3.63) is 65.2 Å². The number of alkyl halides is 3. The van der Waals surface area contributed by atoms with Crippen LogP contribution in [0.3, 0.4) is 0 Å². The zero-order chi connectivity index (χ0) is 27.0. The molecule has 2 heterocycles. The molecule has 37 heavy (non-hydrogen) atoms. The van der Waals surface area contributed by atoms with E-state index in [1.165, 1.54) is 41.3 Å². The molecule has 7 nitrogen and oxygen atoms in total. The number of carbonyl (C=O) groups excluding carboxylic acids is 2. The summed E-state index contributed by atoms with van der Waals surface area (Å²) in [7, 11) is -3.53. The maximum atomic E-state index is 13.5. The van der Waals surface area contributed by atoms with Crippen LogP contribution in [0.15, 0.2) is 53.4 Å². The highest BCUT2D eigenvalue weighted by atomic mass is 32.2. The topological polar surface area (TPSA) is 92.8 Å².